The second-order valence-electron chi connectivity index (χ2n) is 2.73. The fourth-order valence-corrected chi connectivity index (χ4v) is 3.14. The number of benzene rings is 1. The van der Waals surface area contributed by atoms with E-state index in [0.29, 0.717) is 0 Å². The number of rotatable bonds is 2. The zero-order valence-corrected chi connectivity index (χ0v) is 9.59. The molecule has 0 atom stereocenters. The van der Waals surface area contributed by atoms with Crippen molar-refractivity contribution in [3.8, 4) is 0 Å². The summed E-state index contributed by atoms with van der Waals surface area (Å²) >= 11 is 4.86. The molecular formula is C10H9NSSe. The molecule has 0 fully saturated rings. The van der Waals surface area contributed by atoms with E-state index in [1.54, 1.807) is 11.3 Å². The van der Waals surface area contributed by atoms with Crippen molar-refractivity contribution in [2.24, 2.45) is 0 Å². The van der Waals surface area contributed by atoms with Crippen molar-refractivity contribution >= 4 is 37.1 Å². The van der Waals surface area contributed by atoms with Crippen LogP contribution in [-0.4, -0.2) is 20.1 Å². The molecule has 0 aliphatic carbocycles. The summed E-state index contributed by atoms with van der Waals surface area (Å²) in [6.07, 6.45) is 1.92. The van der Waals surface area contributed by atoms with Crippen LogP contribution in [-0.2, 0) is 6.54 Å². The number of para-hydroxylation sites is 1. The van der Waals surface area contributed by atoms with Crippen molar-refractivity contribution in [1.82, 2.24) is 4.57 Å². The molecule has 0 aliphatic heterocycles. The third-order valence-electron chi connectivity index (χ3n) is 1.89. The van der Waals surface area contributed by atoms with Gasteiger partial charge in [0.1, 0.15) is 0 Å². The van der Waals surface area contributed by atoms with Gasteiger partial charge in [-0.25, -0.2) is 0 Å². The molecule has 66 valence electrons. The van der Waals surface area contributed by atoms with Gasteiger partial charge < -0.3 is 0 Å². The normalized spacial score (nSPS) is 10.5. The van der Waals surface area contributed by atoms with Crippen LogP contribution < -0.4 is 0 Å². The van der Waals surface area contributed by atoms with Crippen LogP contribution in [0, 0.1) is 3.51 Å². The third kappa shape index (κ3) is 1.55. The molecule has 2 rings (SSSR count). The first kappa shape index (κ1) is 8.95. The van der Waals surface area contributed by atoms with Crippen molar-refractivity contribution in [2.45, 2.75) is 6.54 Å². The minimum absolute atomic E-state index is 0.867. The molecule has 3 heteroatoms. The van der Waals surface area contributed by atoms with Gasteiger partial charge in [0.05, 0.1) is 0 Å². The number of thiazole rings is 1. The van der Waals surface area contributed by atoms with Crippen LogP contribution in [0.15, 0.2) is 36.9 Å². The molecule has 0 saturated heterocycles. The van der Waals surface area contributed by atoms with Gasteiger partial charge in [-0.2, -0.15) is 0 Å². The van der Waals surface area contributed by atoms with Gasteiger partial charge >= 0.3 is 88.7 Å². The maximum atomic E-state index is 3.75. The molecule has 0 amide bonds. The quantitative estimate of drug-likeness (QED) is 0.573. The van der Waals surface area contributed by atoms with Crippen LogP contribution in [0.5, 0.6) is 0 Å². The summed E-state index contributed by atoms with van der Waals surface area (Å²) < 4.78 is 4.76. The maximum absolute atomic E-state index is 3.75. The van der Waals surface area contributed by atoms with E-state index in [4.69, 9.17) is 0 Å². The fourth-order valence-electron chi connectivity index (χ4n) is 1.32. The molecule has 1 aromatic carbocycles. The molecular weight excluding hydrogens is 245 g/mol. The predicted octanol–water partition coefficient (Wildman–Crippen LogP) is 2.59. The zero-order valence-electron chi connectivity index (χ0n) is 7.06. The summed E-state index contributed by atoms with van der Waals surface area (Å²) in [6, 6.07) is 8.40. The SMILES string of the molecule is C=CCn1c(=[Se])sc2ccccc21. The van der Waals surface area contributed by atoms with Crippen molar-refractivity contribution in [1.29, 1.82) is 0 Å². The van der Waals surface area contributed by atoms with Gasteiger partial charge in [0.25, 0.3) is 0 Å². The van der Waals surface area contributed by atoms with E-state index in [1.807, 2.05) is 6.08 Å². The first-order chi connectivity index (χ1) is 6.33. The summed E-state index contributed by atoms with van der Waals surface area (Å²) in [4.78, 5) is 0. The van der Waals surface area contributed by atoms with Gasteiger partial charge in [-0.3, -0.25) is 0 Å². The molecule has 0 radical (unpaired) electrons. The number of fused-ring (bicyclic) bond motifs is 1. The molecule has 0 N–H and O–H groups in total. The van der Waals surface area contributed by atoms with Gasteiger partial charge in [-0.15, -0.1) is 0 Å². The Morgan fingerprint density at radius 2 is 2.23 bits per heavy atom. The van der Waals surface area contributed by atoms with E-state index in [1.165, 1.54) is 13.7 Å². The van der Waals surface area contributed by atoms with Crippen molar-refractivity contribution in [3.05, 3.63) is 40.4 Å². The summed E-state index contributed by atoms with van der Waals surface area (Å²) in [5, 5.41) is 0. The van der Waals surface area contributed by atoms with Crippen LogP contribution in [0.4, 0.5) is 0 Å². The minimum atomic E-state index is 0.867. The van der Waals surface area contributed by atoms with Gasteiger partial charge in [0, 0.05) is 0 Å². The average Bonchev–Trinajstić information content (AvgIpc) is 2.44. The summed E-state index contributed by atoms with van der Waals surface area (Å²) in [5.41, 5.74) is 1.28. The number of hydrogen-bond donors (Lipinski definition) is 0. The molecule has 0 aliphatic rings. The van der Waals surface area contributed by atoms with Crippen LogP contribution in [0.25, 0.3) is 10.2 Å². The van der Waals surface area contributed by atoms with Crippen molar-refractivity contribution < 1.29 is 0 Å². The average molecular weight is 254 g/mol. The topological polar surface area (TPSA) is 4.93 Å². The van der Waals surface area contributed by atoms with Gasteiger partial charge in [0.2, 0.25) is 0 Å². The molecule has 0 spiro atoms. The Bertz CT molecular complexity index is 495. The van der Waals surface area contributed by atoms with Crippen LogP contribution in [0.3, 0.4) is 0 Å². The zero-order chi connectivity index (χ0) is 9.26. The first-order valence-electron chi connectivity index (χ1n) is 4.02. The Morgan fingerprint density at radius 3 is 3.00 bits per heavy atom. The van der Waals surface area contributed by atoms with Crippen LogP contribution in [0.1, 0.15) is 0 Å². The predicted molar refractivity (Wildman–Crippen MR) is 59.0 cm³/mol. The van der Waals surface area contributed by atoms with Gasteiger partial charge in [-0.05, 0) is 0 Å². The Balaban J connectivity index is 2.78. The van der Waals surface area contributed by atoms with Crippen molar-refractivity contribution in [2.75, 3.05) is 0 Å². The van der Waals surface area contributed by atoms with Crippen LogP contribution >= 0.6 is 11.3 Å². The molecule has 2 aromatic rings. The molecule has 0 saturated carbocycles. The molecule has 1 aromatic heterocycles. The number of allylic oxidation sites excluding steroid dienone is 1. The van der Waals surface area contributed by atoms with E-state index >= 15 is 0 Å². The summed E-state index contributed by atoms with van der Waals surface area (Å²) in [7, 11) is 0. The van der Waals surface area contributed by atoms with E-state index in [-0.39, 0.29) is 0 Å². The van der Waals surface area contributed by atoms with Gasteiger partial charge in [0.15, 0.2) is 0 Å². The van der Waals surface area contributed by atoms with E-state index in [9.17, 15) is 0 Å². The third-order valence-corrected chi connectivity index (χ3v) is 3.83. The number of nitrogens with zero attached hydrogens (tertiary/aromatic N) is 1. The second-order valence-corrected chi connectivity index (χ2v) is 5.16. The van der Waals surface area contributed by atoms with E-state index in [0.717, 1.165) is 6.54 Å². The van der Waals surface area contributed by atoms with E-state index in [2.05, 4.69) is 51.0 Å². The standard InChI is InChI=1S/C10H9NSSe/c1-2-7-11-8-5-3-4-6-9(8)12-10(11)13/h2-6H,1,7H2. The summed E-state index contributed by atoms with van der Waals surface area (Å²) in [6.45, 7) is 4.62. The first-order valence-corrected chi connectivity index (χ1v) is 5.69. The van der Waals surface area contributed by atoms with Crippen LogP contribution in [0.2, 0.25) is 0 Å². The number of aromatic nitrogens is 1. The van der Waals surface area contributed by atoms with E-state index < -0.39 is 0 Å². The second kappa shape index (κ2) is 3.62. The Morgan fingerprint density at radius 1 is 1.46 bits per heavy atom. The molecule has 1 heterocycles. The monoisotopic (exact) mass is 255 g/mol. The molecule has 0 bridgehead atoms. The fraction of sp³-hybridized carbons (Fsp3) is 0.100. The molecule has 1 nitrogen and oxygen atoms in total. The summed E-state index contributed by atoms with van der Waals surface area (Å²) in [5.74, 6) is 0. The Labute approximate surface area is 88.7 Å². The Hall–Kier alpha value is -0.631. The molecule has 0 unspecified atom stereocenters. The number of hydrogen-bond acceptors (Lipinski definition) is 1. The van der Waals surface area contributed by atoms with Crippen molar-refractivity contribution in [3.63, 3.8) is 0 Å². The van der Waals surface area contributed by atoms with Gasteiger partial charge in [-0.1, -0.05) is 0 Å². The Kier molecular flexibility index (Phi) is 2.49. The molecule has 13 heavy (non-hydrogen) atoms.